The number of benzene rings is 1. The lowest BCUT2D eigenvalue weighted by Gasteiger charge is -2.21. The molecule has 1 aliphatic rings. The molecule has 0 aliphatic carbocycles. The molecule has 0 atom stereocenters. The maximum absolute atomic E-state index is 12.2. The summed E-state index contributed by atoms with van der Waals surface area (Å²) < 4.78 is 16.1. The molecule has 0 saturated carbocycles. The van der Waals surface area contributed by atoms with Gasteiger partial charge in [-0.1, -0.05) is 6.07 Å². The zero-order chi connectivity index (χ0) is 19.4. The van der Waals surface area contributed by atoms with Crippen molar-refractivity contribution in [1.82, 2.24) is 4.90 Å². The van der Waals surface area contributed by atoms with E-state index in [9.17, 15) is 14.4 Å². The number of carbonyl (C=O) groups excluding carboxylic acids is 3. The predicted molar refractivity (Wildman–Crippen MR) is 98.5 cm³/mol. The number of ether oxygens (including phenoxy) is 3. The van der Waals surface area contributed by atoms with Crippen molar-refractivity contribution >= 4 is 29.0 Å². The van der Waals surface area contributed by atoms with E-state index in [-0.39, 0.29) is 18.3 Å². The van der Waals surface area contributed by atoms with Crippen molar-refractivity contribution in [2.24, 2.45) is 0 Å². The number of hydrogen-bond donors (Lipinski definition) is 0. The summed E-state index contributed by atoms with van der Waals surface area (Å²) in [5.74, 6) is 0.281. The number of ketones is 1. The summed E-state index contributed by atoms with van der Waals surface area (Å²) in [6.45, 7) is 2.43. The molecule has 7 nitrogen and oxygen atoms in total. The van der Waals surface area contributed by atoms with Crippen LogP contribution in [-0.4, -0.2) is 49.4 Å². The number of carbonyl (C=O) groups is 3. The number of fused-ring (bicyclic) bond motifs is 1. The van der Waals surface area contributed by atoms with Crippen molar-refractivity contribution < 1.29 is 28.6 Å². The van der Waals surface area contributed by atoms with Gasteiger partial charge in [-0.25, -0.2) is 4.79 Å². The molecule has 2 heterocycles. The Balaban J connectivity index is 1.53. The number of likely N-dealkylation sites (N-methyl/N-ethyl adjacent to an activating group) is 1. The molecular formula is C19H19NO6S. The zero-order valence-corrected chi connectivity index (χ0v) is 15.8. The Hall–Kier alpha value is -2.87. The van der Waals surface area contributed by atoms with E-state index >= 15 is 0 Å². The predicted octanol–water partition coefficient (Wildman–Crippen LogP) is 2.54. The zero-order valence-electron chi connectivity index (χ0n) is 15.0. The van der Waals surface area contributed by atoms with Crippen LogP contribution >= 0.6 is 11.3 Å². The van der Waals surface area contributed by atoms with E-state index < -0.39 is 5.97 Å². The Morgan fingerprint density at radius 3 is 2.48 bits per heavy atom. The highest BCUT2D eigenvalue weighted by Crippen LogP contribution is 2.31. The topological polar surface area (TPSA) is 82.1 Å². The second kappa shape index (κ2) is 8.22. The van der Waals surface area contributed by atoms with Crippen LogP contribution in [0.2, 0.25) is 0 Å². The standard InChI is InChI=1S/C19H19NO6S/c1-12(21)16-5-6-17(27-16)19(23)26-11-18(22)20(2)10-13-3-4-14-15(9-13)25-8-7-24-14/h3-6,9H,7-8,10-11H2,1-2H3. The summed E-state index contributed by atoms with van der Waals surface area (Å²) >= 11 is 1.05. The SMILES string of the molecule is CC(=O)c1ccc(C(=O)OCC(=O)N(C)Cc2ccc3c(c2)OCCO3)s1. The van der Waals surface area contributed by atoms with E-state index in [1.165, 1.54) is 17.9 Å². The molecular weight excluding hydrogens is 370 g/mol. The van der Waals surface area contributed by atoms with Crippen LogP contribution in [0.3, 0.4) is 0 Å². The Labute approximate surface area is 160 Å². The lowest BCUT2D eigenvalue weighted by Crippen LogP contribution is -2.30. The molecule has 2 aromatic rings. The van der Waals surface area contributed by atoms with Crippen LogP contribution in [0, 0.1) is 0 Å². The molecule has 0 bridgehead atoms. The third-order valence-corrected chi connectivity index (χ3v) is 5.10. The molecule has 1 aromatic carbocycles. The number of thiophene rings is 1. The normalized spacial score (nSPS) is 12.4. The van der Waals surface area contributed by atoms with E-state index in [1.54, 1.807) is 13.1 Å². The van der Waals surface area contributed by atoms with Crippen molar-refractivity contribution in [3.8, 4) is 11.5 Å². The van der Waals surface area contributed by atoms with Crippen LogP contribution in [0.25, 0.3) is 0 Å². The summed E-state index contributed by atoms with van der Waals surface area (Å²) in [5.41, 5.74) is 0.880. The first-order valence-corrected chi connectivity index (χ1v) is 9.16. The minimum absolute atomic E-state index is 0.116. The summed E-state index contributed by atoms with van der Waals surface area (Å²) in [6.07, 6.45) is 0. The Morgan fingerprint density at radius 1 is 1.07 bits per heavy atom. The van der Waals surface area contributed by atoms with Gasteiger partial charge in [0.1, 0.15) is 18.1 Å². The van der Waals surface area contributed by atoms with Gasteiger partial charge in [0.15, 0.2) is 23.9 Å². The van der Waals surface area contributed by atoms with Crippen LogP contribution in [0.5, 0.6) is 11.5 Å². The Morgan fingerprint density at radius 2 is 1.78 bits per heavy atom. The van der Waals surface area contributed by atoms with E-state index in [2.05, 4.69) is 0 Å². The fourth-order valence-corrected chi connectivity index (χ4v) is 3.29. The molecule has 0 N–H and O–H groups in total. The molecule has 8 heteroatoms. The highest BCUT2D eigenvalue weighted by atomic mass is 32.1. The first kappa shape index (κ1) is 18.9. The Bertz CT molecular complexity index is 875. The molecule has 0 saturated heterocycles. The minimum Gasteiger partial charge on any atom is -0.486 e. The van der Waals surface area contributed by atoms with Gasteiger partial charge in [0.05, 0.1) is 4.88 Å². The third-order valence-electron chi connectivity index (χ3n) is 3.93. The largest absolute Gasteiger partial charge is 0.486 e. The molecule has 3 rings (SSSR count). The summed E-state index contributed by atoms with van der Waals surface area (Å²) in [4.78, 5) is 37.7. The number of Topliss-reactive ketones (excluding diaryl/α,β-unsaturated/α-hetero) is 1. The second-order valence-corrected chi connectivity index (χ2v) is 7.11. The highest BCUT2D eigenvalue weighted by Gasteiger charge is 2.17. The molecule has 0 unspecified atom stereocenters. The third kappa shape index (κ3) is 4.65. The van der Waals surface area contributed by atoms with Gasteiger partial charge in [0.2, 0.25) is 0 Å². The minimum atomic E-state index is -0.617. The van der Waals surface area contributed by atoms with Crippen molar-refractivity contribution in [2.75, 3.05) is 26.9 Å². The molecule has 1 aliphatic heterocycles. The highest BCUT2D eigenvalue weighted by molar-refractivity contribution is 7.15. The van der Waals surface area contributed by atoms with Crippen LogP contribution in [-0.2, 0) is 16.1 Å². The van der Waals surface area contributed by atoms with Gasteiger partial charge in [-0.05, 0) is 36.8 Å². The number of nitrogens with zero attached hydrogens (tertiary/aromatic N) is 1. The fraction of sp³-hybridized carbons (Fsp3) is 0.316. The lowest BCUT2D eigenvalue weighted by atomic mass is 10.2. The van der Waals surface area contributed by atoms with Gasteiger partial charge < -0.3 is 19.1 Å². The maximum atomic E-state index is 12.2. The van der Waals surface area contributed by atoms with Crippen LogP contribution in [0.4, 0.5) is 0 Å². The van der Waals surface area contributed by atoms with Gasteiger partial charge >= 0.3 is 5.97 Å². The lowest BCUT2D eigenvalue weighted by molar-refractivity contribution is -0.133. The van der Waals surface area contributed by atoms with E-state index in [1.807, 2.05) is 18.2 Å². The average Bonchev–Trinajstić information content (AvgIpc) is 3.16. The van der Waals surface area contributed by atoms with Crippen molar-refractivity contribution in [3.05, 3.63) is 45.6 Å². The van der Waals surface area contributed by atoms with Crippen LogP contribution in [0.1, 0.15) is 31.8 Å². The number of esters is 1. The molecule has 142 valence electrons. The van der Waals surface area contributed by atoms with Crippen molar-refractivity contribution in [1.29, 1.82) is 0 Å². The quantitative estimate of drug-likeness (QED) is 0.558. The summed E-state index contributed by atoms with van der Waals surface area (Å²) in [5, 5.41) is 0. The van der Waals surface area contributed by atoms with E-state index in [4.69, 9.17) is 14.2 Å². The summed E-state index contributed by atoms with van der Waals surface area (Å²) in [7, 11) is 1.63. The molecule has 0 radical (unpaired) electrons. The molecule has 1 aromatic heterocycles. The van der Waals surface area contributed by atoms with Crippen LogP contribution < -0.4 is 9.47 Å². The summed E-state index contributed by atoms with van der Waals surface area (Å²) in [6, 6.07) is 8.59. The average molecular weight is 389 g/mol. The number of amides is 1. The van der Waals surface area contributed by atoms with E-state index in [0.29, 0.717) is 41.0 Å². The molecule has 0 spiro atoms. The first-order valence-electron chi connectivity index (χ1n) is 8.34. The van der Waals surface area contributed by atoms with Crippen molar-refractivity contribution in [2.45, 2.75) is 13.5 Å². The molecule has 0 fully saturated rings. The number of rotatable bonds is 6. The van der Waals surface area contributed by atoms with Crippen LogP contribution in [0.15, 0.2) is 30.3 Å². The van der Waals surface area contributed by atoms with Gasteiger partial charge in [0, 0.05) is 13.6 Å². The van der Waals surface area contributed by atoms with Gasteiger partial charge in [0.25, 0.3) is 5.91 Å². The van der Waals surface area contributed by atoms with E-state index in [0.717, 1.165) is 16.9 Å². The monoisotopic (exact) mass is 389 g/mol. The van der Waals surface area contributed by atoms with Crippen molar-refractivity contribution in [3.63, 3.8) is 0 Å². The fourth-order valence-electron chi connectivity index (χ4n) is 2.49. The molecule has 1 amide bonds. The Kier molecular flexibility index (Phi) is 5.75. The number of hydrogen-bond acceptors (Lipinski definition) is 7. The maximum Gasteiger partial charge on any atom is 0.348 e. The smallest absolute Gasteiger partial charge is 0.348 e. The first-order chi connectivity index (χ1) is 12.9. The van der Waals surface area contributed by atoms with Gasteiger partial charge in [-0.3, -0.25) is 9.59 Å². The second-order valence-electron chi connectivity index (χ2n) is 6.02. The van der Waals surface area contributed by atoms with Gasteiger partial charge in [-0.2, -0.15) is 0 Å². The van der Waals surface area contributed by atoms with Gasteiger partial charge in [-0.15, -0.1) is 11.3 Å². The molecule has 27 heavy (non-hydrogen) atoms.